The predicted octanol–water partition coefficient (Wildman–Crippen LogP) is 5.32. The molecule has 1 unspecified atom stereocenters. The molecule has 0 fully saturated rings. The van der Waals surface area contributed by atoms with Gasteiger partial charge < -0.3 is 14.8 Å². The van der Waals surface area contributed by atoms with Crippen LogP contribution in [0.2, 0.25) is 0 Å². The lowest BCUT2D eigenvalue weighted by Crippen LogP contribution is -2.39. The SMILES string of the molecule is COc1cc(C(=O)NCC2CC3c4ccccc4C2c2ccccc23)ccc1OC(F)F. The Hall–Kier alpha value is -3.41. The van der Waals surface area contributed by atoms with Crippen LogP contribution in [0.5, 0.6) is 11.5 Å². The zero-order chi connectivity index (χ0) is 22.2. The molecule has 3 aromatic carbocycles. The van der Waals surface area contributed by atoms with Crippen molar-refractivity contribution in [3.05, 3.63) is 94.5 Å². The van der Waals surface area contributed by atoms with Crippen molar-refractivity contribution < 1.29 is 23.0 Å². The number of carbonyl (C=O) groups is 1. The molecule has 32 heavy (non-hydrogen) atoms. The van der Waals surface area contributed by atoms with Crippen molar-refractivity contribution in [3.8, 4) is 11.5 Å². The molecular weight excluding hydrogens is 412 g/mol. The molecule has 0 saturated heterocycles. The Morgan fingerprint density at radius 2 is 1.59 bits per heavy atom. The zero-order valence-electron chi connectivity index (χ0n) is 17.6. The molecule has 0 radical (unpaired) electrons. The van der Waals surface area contributed by atoms with E-state index in [1.54, 1.807) is 0 Å². The van der Waals surface area contributed by atoms with Crippen molar-refractivity contribution in [1.82, 2.24) is 5.32 Å². The van der Waals surface area contributed by atoms with Crippen LogP contribution in [-0.2, 0) is 0 Å². The van der Waals surface area contributed by atoms with Gasteiger partial charge in [-0.05, 0) is 52.8 Å². The Labute approximate surface area is 185 Å². The van der Waals surface area contributed by atoms with Crippen molar-refractivity contribution in [1.29, 1.82) is 0 Å². The van der Waals surface area contributed by atoms with E-state index in [4.69, 9.17) is 4.74 Å². The van der Waals surface area contributed by atoms with Gasteiger partial charge in [0.25, 0.3) is 5.91 Å². The van der Waals surface area contributed by atoms with E-state index in [-0.39, 0.29) is 29.2 Å². The number of hydrogen-bond acceptors (Lipinski definition) is 3. The maximum atomic E-state index is 12.8. The van der Waals surface area contributed by atoms with Gasteiger partial charge in [-0.1, -0.05) is 48.5 Å². The lowest BCUT2D eigenvalue weighted by Gasteiger charge is -2.45. The molecule has 1 amide bonds. The van der Waals surface area contributed by atoms with Crippen molar-refractivity contribution in [2.24, 2.45) is 5.92 Å². The first-order valence-corrected chi connectivity index (χ1v) is 10.7. The Morgan fingerprint density at radius 1 is 0.969 bits per heavy atom. The number of halogens is 2. The molecule has 0 saturated carbocycles. The summed E-state index contributed by atoms with van der Waals surface area (Å²) in [5.74, 6) is 0.575. The second-order valence-corrected chi connectivity index (χ2v) is 8.24. The molecule has 1 atom stereocenters. The van der Waals surface area contributed by atoms with Crippen molar-refractivity contribution >= 4 is 5.91 Å². The number of ether oxygens (including phenoxy) is 2. The number of fused-ring (bicyclic) bond motifs is 1. The molecule has 0 aromatic heterocycles. The molecule has 6 rings (SSSR count). The summed E-state index contributed by atoms with van der Waals surface area (Å²) >= 11 is 0. The van der Waals surface area contributed by atoms with Gasteiger partial charge in [0.1, 0.15) is 0 Å². The van der Waals surface area contributed by atoms with Crippen LogP contribution in [0.3, 0.4) is 0 Å². The smallest absolute Gasteiger partial charge is 0.387 e. The topological polar surface area (TPSA) is 47.6 Å². The number of nitrogens with one attached hydrogen (secondary N) is 1. The van der Waals surface area contributed by atoms with Gasteiger partial charge in [0.15, 0.2) is 11.5 Å². The third-order valence-corrected chi connectivity index (χ3v) is 6.59. The lowest BCUT2D eigenvalue weighted by atomic mass is 9.59. The van der Waals surface area contributed by atoms with E-state index in [9.17, 15) is 13.6 Å². The maximum Gasteiger partial charge on any atom is 0.387 e. The number of amides is 1. The number of benzene rings is 3. The molecule has 0 spiro atoms. The molecule has 0 aliphatic heterocycles. The van der Waals surface area contributed by atoms with Crippen LogP contribution in [0.15, 0.2) is 66.7 Å². The summed E-state index contributed by atoms with van der Waals surface area (Å²) in [4.78, 5) is 12.8. The van der Waals surface area contributed by atoms with Crippen molar-refractivity contribution in [2.45, 2.75) is 24.9 Å². The van der Waals surface area contributed by atoms with Gasteiger partial charge in [-0.15, -0.1) is 0 Å². The molecule has 4 nitrogen and oxygen atoms in total. The third kappa shape index (κ3) is 3.49. The standard InChI is InChI=1S/C26H23F2NO3/c1-31-23-13-15(10-11-22(23)32-26(27)28)25(30)29-14-16-12-21-17-6-2-4-8-19(17)24(16)20-9-5-3-7-18(20)21/h2-11,13,16,21,24,26H,12,14H2,1H3,(H,29,30). The Balaban J connectivity index is 1.35. The van der Waals surface area contributed by atoms with Gasteiger partial charge in [-0.2, -0.15) is 8.78 Å². The number of carbonyl (C=O) groups excluding carboxylic acids is 1. The van der Waals surface area contributed by atoms with Crippen molar-refractivity contribution in [3.63, 3.8) is 0 Å². The van der Waals surface area contributed by atoms with E-state index in [0.29, 0.717) is 18.0 Å². The quantitative estimate of drug-likeness (QED) is 0.570. The highest BCUT2D eigenvalue weighted by molar-refractivity contribution is 5.94. The first-order chi connectivity index (χ1) is 15.6. The average molecular weight is 435 g/mol. The number of hydrogen-bond donors (Lipinski definition) is 1. The summed E-state index contributed by atoms with van der Waals surface area (Å²) in [6, 6.07) is 21.4. The van der Waals surface area contributed by atoms with Gasteiger partial charge >= 0.3 is 6.61 Å². The number of alkyl halides is 2. The molecular formula is C26H23F2NO3. The van der Waals surface area contributed by atoms with E-state index in [1.807, 2.05) is 0 Å². The van der Waals surface area contributed by atoms with Crippen LogP contribution < -0.4 is 14.8 Å². The molecule has 1 N–H and O–H groups in total. The van der Waals surface area contributed by atoms with E-state index in [2.05, 4.69) is 58.6 Å². The second-order valence-electron chi connectivity index (χ2n) is 8.24. The highest BCUT2D eigenvalue weighted by atomic mass is 19.3. The molecule has 3 aliphatic rings. The first kappa shape index (κ1) is 20.5. The highest BCUT2D eigenvalue weighted by Crippen LogP contribution is 2.55. The fraction of sp³-hybridized carbons (Fsp3) is 0.269. The minimum Gasteiger partial charge on any atom is -0.493 e. The molecule has 164 valence electrons. The number of methoxy groups -OCH3 is 1. The third-order valence-electron chi connectivity index (χ3n) is 6.59. The molecule has 2 bridgehead atoms. The largest absolute Gasteiger partial charge is 0.493 e. The van der Waals surface area contributed by atoms with Crippen LogP contribution in [0, 0.1) is 5.92 Å². The predicted molar refractivity (Wildman–Crippen MR) is 117 cm³/mol. The summed E-state index contributed by atoms with van der Waals surface area (Å²) in [5.41, 5.74) is 5.80. The van der Waals surface area contributed by atoms with Crippen LogP contribution >= 0.6 is 0 Å². The van der Waals surface area contributed by atoms with Gasteiger partial charge in [0.2, 0.25) is 0 Å². The minimum atomic E-state index is -2.96. The van der Waals surface area contributed by atoms with Gasteiger partial charge in [-0.3, -0.25) is 4.79 Å². The van der Waals surface area contributed by atoms with E-state index >= 15 is 0 Å². The summed E-state index contributed by atoms with van der Waals surface area (Å²) in [6.07, 6.45) is 0.976. The van der Waals surface area contributed by atoms with Crippen LogP contribution in [0.1, 0.15) is 50.9 Å². The fourth-order valence-electron chi connectivity index (χ4n) is 5.29. The van der Waals surface area contributed by atoms with Crippen molar-refractivity contribution in [2.75, 3.05) is 13.7 Å². The summed E-state index contributed by atoms with van der Waals surface area (Å²) < 4.78 is 34.6. The molecule has 6 heteroatoms. The van der Waals surface area contributed by atoms with Gasteiger partial charge in [0.05, 0.1) is 7.11 Å². The maximum absolute atomic E-state index is 12.8. The summed E-state index contributed by atoms with van der Waals surface area (Å²) in [5, 5.41) is 3.04. The Bertz CT molecular complexity index is 1120. The van der Waals surface area contributed by atoms with E-state index in [0.717, 1.165) is 6.42 Å². The van der Waals surface area contributed by atoms with Gasteiger partial charge in [0, 0.05) is 23.9 Å². The molecule has 3 aromatic rings. The summed E-state index contributed by atoms with van der Waals surface area (Å²) in [6.45, 7) is -2.43. The fourth-order valence-corrected chi connectivity index (χ4v) is 5.29. The van der Waals surface area contributed by atoms with Crippen LogP contribution in [0.4, 0.5) is 8.78 Å². The van der Waals surface area contributed by atoms with Gasteiger partial charge in [-0.25, -0.2) is 0 Å². The highest BCUT2D eigenvalue weighted by Gasteiger charge is 2.42. The molecule has 0 heterocycles. The summed E-state index contributed by atoms with van der Waals surface area (Å²) in [7, 11) is 1.35. The average Bonchev–Trinajstić information content (AvgIpc) is 2.82. The van der Waals surface area contributed by atoms with E-state index in [1.165, 1.54) is 47.6 Å². The Kier molecular flexibility index (Phi) is 5.29. The normalized spacial score (nSPS) is 20.4. The lowest BCUT2D eigenvalue weighted by molar-refractivity contribution is -0.0512. The Morgan fingerprint density at radius 3 is 2.19 bits per heavy atom. The second kappa shape index (κ2) is 8.26. The van der Waals surface area contributed by atoms with Crippen LogP contribution in [-0.4, -0.2) is 26.2 Å². The molecule has 3 aliphatic carbocycles. The first-order valence-electron chi connectivity index (χ1n) is 10.7. The van der Waals surface area contributed by atoms with E-state index < -0.39 is 6.61 Å². The monoisotopic (exact) mass is 435 g/mol. The number of rotatable bonds is 6. The minimum absolute atomic E-state index is 0.0949. The zero-order valence-corrected chi connectivity index (χ0v) is 17.6. The van der Waals surface area contributed by atoms with Crippen LogP contribution in [0.25, 0.3) is 0 Å².